The Hall–Kier alpha value is -1.85. The summed E-state index contributed by atoms with van der Waals surface area (Å²) in [6, 6.07) is 3.85. The Morgan fingerprint density at radius 2 is 2.16 bits per heavy atom. The van der Waals surface area contributed by atoms with Gasteiger partial charge in [0.1, 0.15) is 0 Å². The fourth-order valence-corrected chi connectivity index (χ4v) is 1.74. The van der Waals surface area contributed by atoms with Crippen molar-refractivity contribution >= 4 is 0 Å². The van der Waals surface area contributed by atoms with Gasteiger partial charge in [-0.2, -0.15) is 0 Å². The summed E-state index contributed by atoms with van der Waals surface area (Å²) < 4.78 is 4.99. The Morgan fingerprint density at radius 3 is 2.95 bits per heavy atom. The summed E-state index contributed by atoms with van der Waals surface area (Å²) >= 11 is 0. The van der Waals surface area contributed by atoms with Crippen molar-refractivity contribution in [2.24, 2.45) is 0 Å². The second kappa shape index (κ2) is 6.92. The van der Waals surface area contributed by atoms with Crippen LogP contribution in [0.2, 0.25) is 0 Å². The summed E-state index contributed by atoms with van der Waals surface area (Å²) in [6.07, 6.45) is 5.37. The van der Waals surface area contributed by atoms with Crippen LogP contribution in [0.3, 0.4) is 0 Å². The predicted molar refractivity (Wildman–Crippen MR) is 73.6 cm³/mol. The number of pyridine rings is 1. The minimum Gasteiger partial charge on any atom is -0.383 e. The van der Waals surface area contributed by atoms with Gasteiger partial charge in [0.25, 0.3) is 0 Å². The zero-order chi connectivity index (χ0) is 13.5. The van der Waals surface area contributed by atoms with E-state index < -0.39 is 0 Å². The van der Waals surface area contributed by atoms with Crippen LogP contribution >= 0.6 is 0 Å². The van der Waals surface area contributed by atoms with E-state index in [2.05, 4.69) is 20.3 Å². The molecule has 0 saturated heterocycles. The SMILES string of the molecule is COCCNCc1ccnc(-c2ccncc2C)n1. The molecule has 2 aromatic heterocycles. The molecule has 0 saturated carbocycles. The molecule has 1 N–H and O–H groups in total. The van der Waals surface area contributed by atoms with Crippen LogP contribution < -0.4 is 5.32 Å². The average Bonchev–Trinajstić information content (AvgIpc) is 2.44. The van der Waals surface area contributed by atoms with Crippen LogP contribution in [0.25, 0.3) is 11.4 Å². The van der Waals surface area contributed by atoms with Crippen LogP contribution in [0, 0.1) is 6.92 Å². The average molecular weight is 258 g/mol. The van der Waals surface area contributed by atoms with Gasteiger partial charge in [-0.3, -0.25) is 4.98 Å². The van der Waals surface area contributed by atoms with Crippen molar-refractivity contribution in [1.29, 1.82) is 0 Å². The lowest BCUT2D eigenvalue weighted by Gasteiger charge is -2.07. The highest BCUT2D eigenvalue weighted by Gasteiger charge is 2.05. The van der Waals surface area contributed by atoms with E-state index in [4.69, 9.17) is 4.74 Å². The number of hydrogen-bond donors (Lipinski definition) is 1. The fourth-order valence-electron chi connectivity index (χ4n) is 1.74. The molecule has 0 fully saturated rings. The van der Waals surface area contributed by atoms with E-state index in [1.807, 2.05) is 25.3 Å². The summed E-state index contributed by atoms with van der Waals surface area (Å²) in [5, 5.41) is 3.27. The zero-order valence-corrected chi connectivity index (χ0v) is 11.3. The topological polar surface area (TPSA) is 59.9 Å². The monoisotopic (exact) mass is 258 g/mol. The lowest BCUT2D eigenvalue weighted by Crippen LogP contribution is -2.19. The van der Waals surface area contributed by atoms with Gasteiger partial charge in [0.2, 0.25) is 0 Å². The Balaban J connectivity index is 2.09. The molecule has 0 spiro atoms. The normalized spacial score (nSPS) is 10.6. The number of aryl methyl sites for hydroxylation is 1. The lowest BCUT2D eigenvalue weighted by atomic mass is 10.1. The number of hydrogen-bond acceptors (Lipinski definition) is 5. The molecule has 5 nitrogen and oxygen atoms in total. The second-order valence-electron chi connectivity index (χ2n) is 4.23. The van der Waals surface area contributed by atoms with E-state index in [1.54, 1.807) is 19.5 Å². The summed E-state index contributed by atoms with van der Waals surface area (Å²) in [7, 11) is 1.69. The smallest absolute Gasteiger partial charge is 0.159 e. The Bertz CT molecular complexity index is 530. The van der Waals surface area contributed by atoms with Gasteiger partial charge < -0.3 is 10.1 Å². The number of aromatic nitrogens is 3. The maximum absolute atomic E-state index is 4.99. The molecule has 0 atom stereocenters. The highest BCUT2D eigenvalue weighted by molar-refractivity contribution is 5.58. The Kier molecular flexibility index (Phi) is 4.94. The third kappa shape index (κ3) is 3.81. The van der Waals surface area contributed by atoms with Crippen LogP contribution in [-0.4, -0.2) is 35.2 Å². The minimum atomic E-state index is 0.696. The van der Waals surface area contributed by atoms with Gasteiger partial charge in [0.15, 0.2) is 5.82 Å². The number of rotatable bonds is 6. The third-order valence-corrected chi connectivity index (χ3v) is 2.76. The molecule has 19 heavy (non-hydrogen) atoms. The van der Waals surface area contributed by atoms with Crippen LogP contribution in [0.5, 0.6) is 0 Å². The first-order chi connectivity index (χ1) is 9.31. The lowest BCUT2D eigenvalue weighted by molar-refractivity contribution is 0.199. The van der Waals surface area contributed by atoms with Gasteiger partial charge in [-0.05, 0) is 24.6 Å². The molecule has 2 heterocycles. The third-order valence-electron chi connectivity index (χ3n) is 2.76. The molecule has 0 bridgehead atoms. The molecule has 0 unspecified atom stereocenters. The molecule has 100 valence electrons. The maximum atomic E-state index is 4.99. The molecular weight excluding hydrogens is 240 g/mol. The predicted octanol–water partition coefficient (Wildman–Crippen LogP) is 1.58. The van der Waals surface area contributed by atoms with Crippen molar-refractivity contribution in [2.75, 3.05) is 20.3 Å². The Labute approximate surface area is 113 Å². The van der Waals surface area contributed by atoms with E-state index in [0.29, 0.717) is 13.2 Å². The first-order valence-electron chi connectivity index (χ1n) is 6.24. The number of ether oxygens (including phenoxy) is 1. The van der Waals surface area contributed by atoms with E-state index in [0.717, 1.165) is 29.2 Å². The molecule has 0 aromatic carbocycles. The Morgan fingerprint density at radius 1 is 1.26 bits per heavy atom. The van der Waals surface area contributed by atoms with Gasteiger partial charge in [0, 0.05) is 44.4 Å². The number of nitrogens with zero attached hydrogens (tertiary/aromatic N) is 3. The van der Waals surface area contributed by atoms with Crippen molar-refractivity contribution in [3.05, 3.63) is 42.0 Å². The van der Waals surface area contributed by atoms with Crippen LogP contribution in [0.1, 0.15) is 11.3 Å². The van der Waals surface area contributed by atoms with Crippen molar-refractivity contribution in [3.63, 3.8) is 0 Å². The van der Waals surface area contributed by atoms with E-state index in [9.17, 15) is 0 Å². The van der Waals surface area contributed by atoms with Crippen molar-refractivity contribution in [3.8, 4) is 11.4 Å². The van der Waals surface area contributed by atoms with Crippen LogP contribution in [0.4, 0.5) is 0 Å². The van der Waals surface area contributed by atoms with Crippen LogP contribution in [0.15, 0.2) is 30.7 Å². The maximum Gasteiger partial charge on any atom is 0.159 e. The van der Waals surface area contributed by atoms with Crippen LogP contribution in [-0.2, 0) is 11.3 Å². The molecule has 2 aromatic rings. The van der Waals surface area contributed by atoms with Gasteiger partial charge >= 0.3 is 0 Å². The largest absolute Gasteiger partial charge is 0.383 e. The summed E-state index contributed by atoms with van der Waals surface area (Å²) in [6.45, 7) is 4.23. The summed E-state index contributed by atoms with van der Waals surface area (Å²) in [5.74, 6) is 0.742. The molecule has 0 aliphatic rings. The van der Waals surface area contributed by atoms with E-state index in [1.165, 1.54) is 0 Å². The summed E-state index contributed by atoms with van der Waals surface area (Å²) in [4.78, 5) is 13.0. The van der Waals surface area contributed by atoms with E-state index >= 15 is 0 Å². The van der Waals surface area contributed by atoms with Crippen molar-refractivity contribution < 1.29 is 4.74 Å². The van der Waals surface area contributed by atoms with E-state index in [-0.39, 0.29) is 0 Å². The molecule has 0 radical (unpaired) electrons. The molecule has 0 amide bonds. The summed E-state index contributed by atoms with van der Waals surface area (Å²) in [5.41, 5.74) is 3.07. The number of methoxy groups -OCH3 is 1. The first-order valence-corrected chi connectivity index (χ1v) is 6.24. The van der Waals surface area contributed by atoms with Gasteiger partial charge in [0.05, 0.1) is 12.3 Å². The van der Waals surface area contributed by atoms with Gasteiger partial charge in [-0.1, -0.05) is 0 Å². The van der Waals surface area contributed by atoms with Gasteiger partial charge in [-0.15, -0.1) is 0 Å². The molecular formula is C14H18N4O. The van der Waals surface area contributed by atoms with Crippen molar-refractivity contribution in [1.82, 2.24) is 20.3 Å². The van der Waals surface area contributed by atoms with Gasteiger partial charge in [-0.25, -0.2) is 9.97 Å². The highest BCUT2D eigenvalue weighted by Crippen LogP contribution is 2.17. The first kappa shape index (κ1) is 13.6. The molecule has 0 aliphatic carbocycles. The minimum absolute atomic E-state index is 0.696. The quantitative estimate of drug-likeness (QED) is 0.797. The second-order valence-corrected chi connectivity index (χ2v) is 4.23. The van der Waals surface area contributed by atoms with Crippen molar-refractivity contribution in [2.45, 2.75) is 13.5 Å². The standard InChI is InChI=1S/C14H18N4O/c1-11-9-15-5-4-13(11)14-17-6-3-12(18-14)10-16-7-8-19-2/h3-6,9,16H,7-8,10H2,1-2H3. The number of nitrogens with one attached hydrogen (secondary N) is 1. The molecule has 2 rings (SSSR count). The zero-order valence-electron chi connectivity index (χ0n) is 11.3. The highest BCUT2D eigenvalue weighted by atomic mass is 16.5. The molecule has 0 aliphatic heterocycles. The molecule has 5 heteroatoms. The fraction of sp³-hybridized carbons (Fsp3) is 0.357.